The molecule has 1 saturated carbocycles. The maximum atomic E-state index is 12.0. The molecule has 1 aliphatic carbocycles. The van der Waals surface area contributed by atoms with Crippen LogP contribution < -0.4 is 5.48 Å². The van der Waals surface area contributed by atoms with Gasteiger partial charge in [-0.1, -0.05) is 55.7 Å². The summed E-state index contributed by atoms with van der Waals surface area (Å²) in [6, 6.07) is 14.6. The monoisotopic (exact) mass is 449 g/mol. The summed E-state index contributed by atoms with van der Waals surface area (Å²) in [4.78, 5) is 26.8. The minimum atomic E-state index is -0.294. The van der Waals surface area contributed by atoms with Gasteiger partial charge in [0.1, 0.15) is 5.82 Å². The standard InChI is InChI=1S/C26H31N3O2S/c1-2-3-14-25(30)31-29-23-17-21-22(28-26(27-21)20-12-8-5-9-13-20)18-24(23)32-16-15-19-10-6-4-7-11-19/h2,4,6-7,10-11,17-18,20,29H,1,3,5,8-9,12-16H2,(H,27,28). The zero-order chi connectivity index (χ0) is 22.2. The molecule has 168 valence electrons. The number of carbonyl (C=O) groups excluding carboxylic acids is 1. The highest BCUT2D eigenvalue weighted by atomic mass is 32.2. The van der Waals surface area contributed by atoms with Crippen LogP contribution in [0.15, 0.2) is 60.0 Å². The number of aromatic amines is 1. The summed E-state index contributed by atoms with van der Waals surface area (Å²) in [5.41, 5.74) is 6.95. The van der Waals surface area contributed by atoms with Crippen molar-refractivity contribution in [3.63, 3.8) is 0 Å². The van der Waals surface area contributed by atoms with Crippen molar-refractivity contribution in [3.8, 4) is 0 Å². The molecule has 0 radical (unpaired) electrons. The van der Waals surface area contributed by atoms with Crippen LogP contribution in [0.5, 0.6) is 0 Å². The average Bonchev–Trinajstić information content (AvgIpc) is 3.25. The van der Waals surface area contributed by atoms with Gasteiger partial charge in [-0.15, -0.1) is 18.3 Å². The fraction of sp³-hybridized carbons (Fsp3) is 0.385. The highest BCUT2D eigenvalue weighted by molar-refractivity contribution is 7.99. The van der Waals surface area contributed by atoms with Crippen LogP contribution in [0.4, 0.5) is 5.69 Å². The highest BCUT2D eigenvalue weighted by Gasteiger charge is 2.20. The van der Waals surface area contributed by atoms with Gasteiger partial charge in [-0.2, -0.15) is 0 Å². The molecule has 1 heterocycles. The summed E-state index contributed by atoms with van der Waals surface area (Å²) in [7, 11) is 0. The smallest absolute Gasteiger partial charge is 0.332 e. The van der Waals surface area contributed by atoms with E-state index in [4.69, 9.17) is 9.82 Å². The molecule has 0 saturated heterocycles. The summed E-state index contributed by atoms with van der Waals surface area (Å²) in [5.74, 6) is 2.23. The molecule has 1 fully saturated rings. The molecule has 0 atom stereocenters. The van der Waals surface area contributed by atoms with Gasteiger partial charge in [0.25, 0.3) is 0 Å². The number of fused-ring (bicyclic) bond motifs is 1. The molecule has 0 bridgehead atoms. The van der Waals surface area contributed by atoms with E-state index < -0.39 is 0 Å². The Bertz CT molecular complexity index is 1040. The van der Waals surface area contributed by atoms with Crippen molar-refractivity contribution in [2.45, 2.75) is 62.2 Å². The minimum Gasteiger partial charge on any atom is -0.343 e. The molecule has 5 nitrogen and oxygen atoms in total. The largest absolute Gasteiger partial charge is 0.343 e. The third kappa shape index (κ3) is 5.94. The van der Waals surface area contributed by atoms with E-state index >= 15 is 0 Å². The van der Waals surface area contributed by atoms with Crippen LogP contribution >= 0.6 is 11.8 Å². The molecule has 0 amide bonds. The first-order chi connectivity index (χ1) is 15.7. The van der Waals surface area contributed by atoms with Crippen LogP contribution in [-0.4, -0.2) is 21.7 Å². The molecule has 2 N–H and O–H groups in total. The molecule has 1 aliphatic rings. The number of rotatable bonds is 10. The van der Waals surface area contributed by atoms with Crippen LogP contribution in [0, 0.1) is 0 Å². The van der Waals surface area contributed by atoms with Crippen molar-refractivity contribution in [2.24, 2.45) is 0 Å². The summed E-state index contributed by atoms with van der Waals surface area (Å²) in [6.45, 7) is 3.66. The number of hydrogen-bond donors (Lipinski definition) is 2. The second kappa shape index (κ2) is 11.2. The van der Waals surface area contributed by atoms with Crippen molar-refractivity contribution < 1.29 is 9.63 Å². The van der Waals surface area contributed by atoms with E-state index in [2.05, 4.69) is 47.4 Å². The van der Waals surface area contributed by atoms with Gasteiger partial charge in [0, 0.05) is 16.6 Å². The molecule has 6 heteroatoms. The van der Waals surface area contributed by atoms with Crippen LogP contribution in [-0.2, 0) is 16.1 Å². The number of allylic oxidation sites excluding steroid dienone is 1. The summed E-state index contributed by atoms with van der Waals surface area (Å²) >= 11 is 1.75. The number of hydrogen-bond acceptors (Lipinski definition) is 5. The molecule has 1 aromatic heterocycles. The molecule has 0 spiro atoms. The second-order valence-electron chi connectivity index (χ2n) is 8.31. The Hall–Kier alpha value is -2.73. The molecule has 0 unspecified atom stereocenters. The maximum Gasteiger partial charge on any atom is 0.332 e. The van der Waals surface area contributed by atoms with Crippen LogP contribution in [0.1, 0.15) is 62.3 Å². The van der Waals surface area contributed by atoms with E-state index in [0.29, 0.717) is 18.8 Å². The molecule has 3 aromatic rings. The third-order valence-electron chi connectivity index (χ3n) is 5.91. The van der Waals surface area contributed by atoms with E-state index in [-0.39, 0.29) is 5.97 Å². The maximum absolute atomic E-state index is 12.0. The van der Waals surface area contributed by atoms with Gasteiger partial charge in [-0.05, 0) is 43.4 Å². The predicted molar refractivity (Wildman–Crippen MR) is 132 cm³/mol. The molecule has 4 rings (SSSR count). The number of benzene rings is 2. The predicted octanol–water partition coefficient (Wildman–Crippen LogP) is 6.78. The number of carbonyl (C=O) groups is 1. The Labute approximate surface area is 194 Å². The zero-order valence-electron chi connectivity index (χ0n) is 18.4. The molecule has 2 aromatic carbocycles. The van der Waals surface area contributed by atoms with E-state index in [1.165, 1.54) is 37.7 Å². The Morgan fingerprint density at radius 1 is 1.22 bits per heavy atom. The molecular formula is C26H31N3O2S. The lowest BCUT2D eigenvalue weighted by Gasteiger charge is -2.18. The lowest BCUT2D eigenvalue weighted by Crippen LogP contribution is -2.10. The number of aromatic nitrogens is 2. The van der Waals surface area contributed by atoms with Crippen molar-refractivity contribution in [2.75, 3.05) is 11.2 Å². The molecular weight excluding hydrogens is 418 g/mol. The number of nitrogens with one attached hydrogen (secondary N) is 2. The van der Waals surface area contributed by atoms with Crippen LogP contribution in [0.3, 0.4) is 0 Å². The SMILES string of the molecule is C=CCCC(=O)ONc1cc2[nH]c(C3CCCCC3)nc2cc1SCCc1ccccc1. The second-order valence-corrected chi connectivity index (χ2v) is 9.45. The number of imidazole rings is 1. The minimum absolute atomic E-state index is 0.294. The Morgan fingerprint density at radius 3 is 2.81 bits per heavy atom. The van der Waals surface area contributed by atoms with E-state index in [1.54, 1.807) is 17.8 Å². The lowest BCUT2D eigenvalue weighted by molar-refractivity contribution is -0.140. The van der Waals surface area contributed by atoms with Gasteiger partial charge in [0.2, 0.25) is 0 Å². The fourth-order valence-corrected chi connectivity index (χ4v) is 5.14. The summed E-state index contributed by atoms with van der Waals surface area (Å²) in [6.07, 6.45) is 9.87. The number of H-pyrrole nitrogens is 1. The van der Waals surface area contributed by atoms with Crippen LogP contribution in [0.25, 0.3) is 11.0 Å². The van der Waals surface area contributed by atoms with Crippen molar-refractivity contribution in [3.05, 3.63) is 66.5 Å². The number of thioether (sulfide) groups is 1. The Morgan fingerprint density at radius 2 is 2.03 bits per heavy atom. The first-order valence-corrected chi connectivity index (χ1v) is 12.5. The number of nitrogens with zero attached hydrogens (tertiary/aromatic N) is 1. The molecule has 0 aliphatic heterocycles. The van der Waals surface area contributed by atoms with Gasteiger partial charge in [-0.3, -0.25) is 0 Å². The van der Waals surface area contributed by atoms with Crippen molar-refractivity contribution in [1.82, 2.24) is 9.97 Å². The summed E-state index contributed by atoms with van der Waals surface area (Å²) in [5, 5.41) is 0. The number of aryl methyl sites for hydroxylation is 1. The van der Waals surface area contributed by atoms with Gasteiger partial charge in [-0.25, -0.2) is 15.3 Å². The molecule has 32 heavy (non-hydrogen) atoms. The number of anilines is 1. The van der Waals surface area contributed by atoms with Gasteiger partial charge in [0.05, 0.1) is 23.1 Å². The Kier molecular flexibility index (Phi) is 7.88. The quantitative estimate of drug-likeness (QED) is 0.203. The fourth-order valence-electron chi connectivity index (χ4n) is 4.13. The van der Waals surface area contributed by atoms with Gasteiger partial charge < -0.3 is 9.82 Å². The van der Waals surface area contributed by atoms with E-state index in [1.807, 2.05) is 12.1 Å². The highest BCUT2D eigenvalue weighted by Crippen LogP contribution is 2.35. The summed E-state index contributed by atoms with van der Waals surface area (Å²) < 4.78 is 0. The average molecular weight is 450 g/mol. The normalized spacial score (nSPS) is 14.4. The van der Waals surface area contributed by atoms with Crippen LogP contribution in [0.2, 0.25) is 0 Å². The van der Waals surface area contributed by atoms with Gasteiger partial charge in [0.15, 0.2) is 0 Å². The first-order valence-electron chi connectivity index (χ1n) is 11.5. The van der Waals surface area contributed by atoms with E-state index in [0.717, 1.165) is 39.6 Å². The third-order valence-corrected chi connectivity index (χ3v) is 6.97. The first kappa shape index (κ1) is 22.5. The van der Waals surface area contributed by atoms with Gasteiger partial charge >= 0.3 is 5.97 Å². The van der Waals surface area contributed by atoms with Crippen molar-refractivity contribution in [1.29, 1.82) is 0 Å². The Balaban J connectivity index is 1.52. The lowest BCUT2D eigenvalue weighted by atomic mass is 9.89. The van der Waals surface area contributed by atoms with E-state index in [9.17, 15) is 4.79 Å². The zero-order valence-corrected chi connectivity index (χ0v) is 19.3. The topological polar surface area (TPSA) is 67.0 Å². The van der Waals surface area contributed by atoms with Crippen molar-refractivity contribution >= 4 is 34.5 Å².